The summed E-state index contributed by atoms with van der Waals surface area (Å²) in [6.07, 6.45) is 1.51. The zero-order valence-corrected chi connectivity index (χ0v) is 6.91. The van der Waals surface area contributed by atoms with Crippen LogP contribution in [0.25, 0.3) is 0 Å². The van der Waals surface area contributed by atoms with Crippen molar-refractivity contribution in [2.24, 2.45) is 0 Å². The van der Waals surface area contributed by atoms with E-state index in [1.165, 1.54) is 6.20 Å². The number of aromatic nitrogens is 2. The molecule has 1 aromatic heterocycles. The second kappa shape index (κ2) is 3.87. The van der Waals surface area contributed by atoms with E-state index in [-0.39, 0.29) is 6.61 Å². The molecule has 1 heterocycles. The van der Waals surface area contributed by atoms with Gasteiger partial charge in [0.15, 0.2) is 0 Å². The number of nitrogens with one attached hydrogen (secondary N) is 1. The lowest BCUT2D eigenvalue weighted by Gasteiger charge is -2.04. The summed E-state index contributed by atoms with van der Waals surface area (Å²) >= 11 is 0. The van der Waals surface area contributed by atoms with Crippen LogP contribution in [0.5, 0.6) is 0 Å². The summed E-state index contributed by atoms with van der Waals surface area (Å²) in [4.78, 5) is 7.87. The van der Waals surface area contributed by atoms with Crippen molar-refractivity contribution in [3.8, 4) is 0 Å². The summed E-state index contributed by atoms with van der Waals surface area (Å²) in [5.74, 6) is 0.815. The topological polar surface area (TPSA) is 84.1 Å². The summed E-state index contributed by atoms with van der Waals surface area (Å²) in [6, 6.07) is 0. The number of hydrogen-bond donors (Lipinski definition) is 3. The number of nitrogen functional groups attached to an aromatic ring is 1. The maximum Gasteiger partial charge on any atom is 0.224 e. The van der Waals surface area contributed by atoms with Gasteiger partial charge in [0.1, 0.15) is 5.82 Å². The molecule has 1 rings (SSSR count). The van der Waals surface area contributed by atoms with Gasteiger partial charge in [0, 0.05) is 18.3 Å². The molecule has 12 heavy (non-hydrogen) atoms. The van der Waals surface area contributed by atoms with E-state index >= 15 is 0 Å². The van der Waals surface area contributed by atoms with E-state index in [9.17, 15) is 0 Å². The third-order valence-corrected chi connectivity index (χ3v) is 1.40. The molecule has 0 atom stereocenters. The van der Waals surface area contributed by atoms with Gasteiger partial charge in [-0.25, -0.2) is 4.98 Å². The Morgan fingerprint density at radius 3 is 2.92 bits per heavy atom. The van der Waals surface area contributed by atoms with Crippen LogP contribution in [0.3, 0.4) is 0 Å². The van der Waals surface area contributed by atoms with Gasteiger partial charge in [-0.2, -0.15) is 4.98 Å². The first-order chi connectivity index (χ1) is 5.77. The standard InChI is InChI=1S/C7H12N4O/c1-2-9-7-10-3-5(4-12)6(8)11-7/h3,12H,2,4H2,1H3,(H3,8,9,10,11). The molecule has 0 saturated heterocycles. The molecule has 66 valence electrons. The molecule has 0 aliphatic carbocycles. The Morgan fingerprint density at radius 2 is 2.42 bits per heavy atom. The lowest BCUT2D eigenvalue weighted by Crippen LogP contribution is -2.06. The van der Waals surface area contributed by atoms with Gasteiger partial charge in [-0.1, -0.05) is 0 Å². The van der Waals surface area contributed by atoms with Crippen LogP contribution in [0.15, 0.2) is 6.20 Å². The Bertz CT molecular complexity index is 264. The SMILES string of the molecule is CCNc1ncc(CO)c(N)n1. The summed E-state index contributed by atoms with van der Waals surface area (Å²) in [6.45, 7) is 2.57. The Balaban J connectivity index is 2.86. The summed E-state index contributed by atoms with van der Waals surface area (Å²) in [5.41, 5.74) is 6.06. The number of rotatable bonds is 3. The second-order valence-corrected chi connectivity index (χ2v) is 2.29. The molecular formula is C7H12N4O. The predicted octanol–water partition coefficient (Wildman–Crippen LogP) is -0.0171. The first-order valence-corrected chi connectivity index (χ1v) is 3.74. The van der Waals surface area contributed by atoms with Gasteiger partial charge in [0.25, 0.3) is 0 Å². The van der Waals surface area contributed by atoms with Gasteiger partial charge < -0.3 is 16.2 Å². The molecule has 0 aliphatic heterocycles. The quantitative estimate of drug-likeness (QED) is 0.590. The molecular weight excluding hydrogens is 156 g/mol. The summed E-state index contributed by atoms with van der Waals surface area (Å²) in [5, 5.41) is 11.7. The Hall–Kier alpha value is -1.36. The number of aliphatic hydroxyl groups excluding tert-OH is 1. The third kappa shape index (κ3) is 1.82. The molecule has 0 saturated carbocycles. The minimum Gasteiger partial charge on any atom is -0.391 e. The number of nitrogens with zero attached hydrogens (tertiary/aromatic N) is 2. The van der Waals surface area contributed by atoms with E-state index < -0.39 is 0 Å². The zero-order chi connectivity index (χ0) is 8.97. The zero-order valence-electron chi connectivity index (χ0n) is 6.91. The minimum absolute atomic E-state index is 0.127. The maximum absolute atomic E-state index is 8.76. The molecule has 4 N–H and O–H groups in total. The van der Waals surface area contributed by atoms with Gasteiger partial charge in [0.2, 0.25) is 5.95 Å². The fraction of sp³-hybridized carbons (Fsp3) is 0.429. The van der Waals surface area contributed by atoms with E-state index in [2.05, 4.69) is 15.3 Å². The number of aliphatic hydroxyl groups is 1. The Labute approximate surface area is 70.6 Å². The van der Waals surface area contributed by atoms with Crippen molar-refractivity contribution in [1.82, 2.24) is 9.97 Å². The fourth-order valence-corrected chi connectivity index (χ4v) is 0.785. The Morgan fingerprint density at radius 1 is 1.67 bits per heavy atom. The summed E-state index contributed by atoms with van der Waals surface area (Å²) < 4.78 is 0. The molecule has 5 nitrogen and oxygen atoms in total. The summed E-state index contributed by atoms with van der Waals surface area (Å²) in [7, 11) is 0. The van der Waals surface area contributed by atoms with Crippen LogP contribution in [0.2, 0.25) is 0 Å². The van der Waals surface area contributed by atoms with Crippen LogP contribution in [0.1, 0.15) is 12.5 Å². The number of anilines is 2. The van der Waals surface area contributed by atoms with Gasteiger partial charge in [-0.05, 0) is 6.92 Å². The minimum atomic E-state index is -0.127. The highest BCUT2D eigenvalue weighted by Gasteiger charge is 2.00. The van der Waals surface area contributed by atoms with Crippen LogP contribution in [-0.4, -0.2) is 21.6 Å². The average Bonchev–Trinajstić information content (AvgIpc) is 2.05. The van der Waals surface area contributed by atoms with Crippen LogP contribution in [-0.2, 0) is 6.61 Å². The monoisotopic (exact) mass is 168 g/mol. The van der Waals surface area contributed by atoms with E-state index in [1.54, 1.807) is 0 Å². The van der Waals surface area contributed by atoms with Crippen LogP contribution >= 0.6 is 0 Å². The highest BCUT2D eigenvalue weighted by Crippen LogP contribution is 2.08. The Kier molecular flexibility index (Phi) is 2.82. The van der Waals surface area contributed by atoms with Gasteiger partial charge in [-0.15, -0.1) is 0 Å². The predicted molar refractivity (Wildman–Crippen MR) is 46.5 cm³/mol. The number of hydrogen-bond acceptors (Lipinski definition) is 5. The van der Waals surface area contributed by atoms with Crippen molar-refractivity contribution in [2.45, 2.75) is 13.5 Å². The number of nitrogens with two attached hydrogens (primary N) is 1. The van der Waals surface area contributed by atoms with E-state index in [1.807, 2.05) is 6.92 Å². The molecule has 0 spiro atoms. The lowest BCUT2D eigenvalue weighted by atomic mass is 10.3. The molecule has 5 heteroatoms. The molecule has 0 bridgehead atoms. The van der Waals surface area contributed by atoms with Crippen molar-refractivity contribution < 1.29 is 5.11 Å². The fourth-order valence-electron chi connectivity index (χ4n) is 0.785. The molecule has 0 aromatic carbocycles. The first-order valence-electron chi connectivity index (χ1n) is 3.74. The third-order valence-electron chi connectivity index (χ3n) is 1.40. The lowest BCUT2D eigenvalue weighted by molar-refractivity contribution is 0.281. The van der Waals surface area contributed by atoms with Crippen LogP contribution < -0.4 is 11.1 Å². The van der Waals surface area contributed by atoms with Crippen molar-refractivity contribution in [2.75, 3.05) is 17.6 Å². The maximum atomic E-state index is 8.76. The van der Waals surface area contributed by atoms with Crippen molar-refractivity contribution in [3.05, 3.63) is 11.8 Å². The molecule has 0 radical (unpaired) electrons. The second-order valence-electron chi connectivity index (χ2n) is 2.29. The molecule has 0 amide bonds. The highest BCUT2D eigenvalue weighted by molar-refractivity contribution is 5.42. The molecule has 1 aromatic rings. The molecule has 0 unspecified atom stereocenters. The van der Waals surface area contributed by atoms with Crippen molar-refractivity contribution in [3.63, 3.8) is 0 Å². The largest absolute Gasteiger partial charge is 0.391 e. The van der Waals surface area contributed by atoms with Gasteiger partial charge >= 0.3 is 0 Å². The first kappa shape index (κ1) is 8.73. The van der Waals surface area contributed by atoms with Gasteiger partial charge in [-0.3, -0.25) is 0 Å². The van der Waals surface area contributed by atoms with Crippen LogP contribution in [0.4, 0.5) is 11.8 Å². The normalized spacial score (nSPS) is 9.83. The molecule has 0 aliphatic rings. The van der Waals surface area contributed by atoms with E-state index in [0.717, 1.165) is 6.54 Å². The van der Waals surface area contributed by atoms with Crippen molar-refractivity contribution >= 4 is 11.8 Å². The van der Waals surface area contributed by atoms with Crippen molar-refractivity contribution in [1.29, 1.82) is 0 Å². The van der Waals surface area contributed by atoms with Gasteiger partial charge in [0.05, 0.1) is 6.61 Å². The van der Waals surface area contributed by atoms with E-state index in [4.69, 9.17) is 10.8 Å². The highest BCUT2D eigenvalue weighted by atomic mass is 16.3. The smallest absolute Gasteiger partial charge is 0.224 e. The average molecular weight is 168 g/mol. The van der Waals surface area contributed by atoms with E-state index in [0.29, 0.717) is 17.3 Å². The van der Waals surface area contributed by atoms with Crippen LogP contribution in [0, 0.1) is 0 Å². The molecule has 0 fully saturated rings.